The Morgan fingerprint density at radius 3 is 2.53 bits per heavy atom. The largest absolute Gasteiger partial charge is 0.493 e. The van der Waals surface area contributed by atoms with Crippen LogP contribution in [0.15, 0.2) is 48.5 Å². The van der Waals surface area contributed by atoms with Crippen LogP contribution < -0.4 is 10.1 Å². The zero-order valence-corrected chi connectivity index (χ0v) is 11.6. The first kappa shape index (κ1) is 13.5. The molecule has 2 rings (SSSR count). The number of hydrogen-bond donors (Lipinski definition) is 1. The Labute approximate surface area is 115 Å². The second-order valence-electron chi connectivity index (χ2n) is 4.76. The lowest BCUT2D eigenvalue weighted by molar-refractivity contribution is 0.313. The minimum atomic E-state index is 0.740. The van der Waals surface area contributed by atoms with Crippen molar-refractivity contribution in [3.8, 4) is 5.75 Å². The van der Waals surface area contributed by atoms with Gasteiger partial charge in [0.25, 0.3) is 0 Å². The molecule has 0 aliphatic rings. The van der Waals surface area contributed by atoms with Gasteiger partial charge in [0.15, 0.2) is 0 Å². The van der Waals surface area contributed by atoms with Gasteiger partial charge in [0.05, 0.1) is 6.61 Å². The summed E-state index contributed by atoms with van der Waals surface area (Å²) in [6, 6.07) is 16.5. The highest BCUT2D eigenvalue weighted by Crippen LogP contribution is 2.18. The standard InChI is InChI=1S/C17H21NO/c1-14-9-10-17(15(2)13-14)19-12-6-11-18-16-7-4-3-5-8-16/h3-5,7-10,13,18H,6,11-12H2,1-2H3. The molecule has 1 N–H and O–H groups in total. The summed E-state index contributed by atoms with van der Waals surface area (Å²) in [6.45, 7) is 5.85. The number of hydrogen-bond acceptors (Lipinski definition) is 2. The maximum absolute atomic E-state index is 5.79. The summed E-state index contributed by atoms with van der Waals surface area (Å²) in [7, 11) is 0. The van der Waals surface area contributed by atoms with Crippen molar-refractivity contribution in [2.24, 2.45) is 0 Å². The summed E-state index contributed by atoms with van der Waals surface area (Å²) >= 11 is 0. The van der Waals surface area contributed by atoms with Crippen molar-refractivity contribution in [2.75, 3.05) is 18.5 Å². The number of benzene rings is 2. The molecule has 0 aromatic heterocycles. The van der Waals surface area contributed by atoms with Gasteiger partial charge in [-0.25, -0.2) is 0 Å². The van der Waals surface area contributed by atoms with Crippen molar-refractivity contribution in [3.05, 3.63) is 59.7 Å². The van der Waals surface area contributed by atoms with Crippen LogP contribution in [0.1, 0.15) is 17.5 Å². The van der Waals surface area contributed by atoms with Gasteiger partial charge in [-0.15, -0.1) is 0 Å². The Hall–Kier alpha value is -1.96. The SMILES string of the molecule is Cc1ccc(OCCCNc2ccccc2)c(C)c1. The number of aryl methyl sites for hydroxylation is 2. The van der Waals surface area contributed by atoms with E-state index in [1.165, 1.54) is 11.1 Å². The first-order chi connectivity index (χ1) is 9.25. The van der Waals surface area contributed by atoms with E-state index in [0.717, 1.165) is 31.0 Å². The monoisotopic (exact) mass is 255 g/mol. The maximum Gasteiger partial charge on any atom is 0.122 e. The number of para-hydroxylation sites is 1. The second-order valence-corrected chi connectivity index (χ2v) is 4.76. The molecule has 0 spiro atoms. The van der Waals surface area contributed by atoms with Crippen molar-refractivity contribution in [1.29, 1.82) is 0 Å². The number of rotatable bonds is 6. The molecule has 0 amide bonds. The molecule has 0 heterocycles. The molecule has 2 heteroatoms. The lowest BCUT2D eigenvalue weighted by atomic mass is 10.1. The molecule has 0 unspecified atom stereocenters. The van der Waals surface area contributed by atoms with Crippen LogP contribution in [-0.4, -0.2) is 13.2 Å². The van der Waals surface area contributed by atoms with E-state index in [9.17, 15) is 0 Å². The van der Waals surface area contributed by atoms with Gasteiger partial charge in [0, 0.05) is 12.2 Å². The normalized spacial score (nSPS) is 10.2. The van der Waals surface area contributed by atoms with Crippen LogP contribution in [-0.2, 0) is 0 Å². The molecular formula is C17H21NO. The van der Waals surface area contributed by atoms with Gasteiger partial charge in [-0.3, -0.25) is 0 Å². The van der Waals surface area contributed by atoms with E-state index >= 15 is 0 Å². The number of nitrogens with one attached hydrogen (secondary N) is 1. The van der Waals surface area contributed by atoms with E-state index in [1.807, 2.05) is 18.2 Å². The minimum Gasteiger partial charge on any atom is -0.493 e. The molecule has 100 valence electrons. The van der Waals surface area contributed by atoms with Gasteiger partial charge in [0.2, 0.25) is 0 Å². The zero-order chi connectivity index (χ0) is 13.5. The summed E-state index contributed by atoms with van der Waals surface area (Å²) < 4.78 is 5.79. The Morgan fingerprint density at radius 2 is 1.79 bits per heavy atom. The lowest BCUT2D eigenvalue weighted by Gasteiger charge is -2.10. The summed E-state index contributed by atoms with van der Waals surface area (Å²) in [5.74, 6) is 0.991. The Bertz CT molecular complexity index is 508. The van der Waals surface area contributed by atoms with Crippen molar-refractivity contribution in [3.63, 3.8) is 0 Å². The third-order valence-corrected chi connectivity index (χ3v) is 3.01. The third-order valence-electron chi connectivity index (χ3n) is 3.01. The van der Waals surface area contributed by atoms with E-state index in [4.69, 9.17) is 4.74 Å². The fourth-order valence-corrected chi connectivity index (χ4v) is 2.00. The quantitative estimate of drug-likeness (QED) is 0.782. The summed E-state index contributed by atoms with van der Waals surface area (Å²) in [5, 5.41) is 3.37. The Morgan fingerprint density at radius 1 is 1.00 bits per heavy atom. The van der Waals surface area contributed by atoms with Crippen LogP contribution in [0.5, 0.6) is 5.75 Å². The minimum absolute atomic E-state index is 0.740. The van der Waals surface area contributed by atoms with Crippen LogP contribution in [0.25, 0.3) is 0 Å². The predicted molar refractivity (Wildman–Crippen MR) is 81.0 cm³/mol. The molecule has 0 saturated carbocycles. The topological polar surface area (TPSA) is 21.3 Å². The van der Waals surface area contributed by atoms with Gasteiger partial charge in [-0.2, -0.15) is 0 Å². The van der Waals surface area contributed by atoms with Crippen LogP contribution in [0.3, 0.4) is 0 Å². The Kier molecular flexibility index (Phi) is 4.85. The molecule has 0 atom stereocenters. The molecule has 0 saturated heterocycles. The van der Waals surface area contributed by atoms with E-state index in [2.05, 4.69) is 49.5 Å². The third kappa shape index (κ3) is 4.32. The van der Waals surface area contributed by atoms with Gasteiger partial charge in [-0.1, -0.05) is 35.9 Å². The summed E-state index contributed by atoms with van der Waals surface area (Å²) in [5.41, 5.74) is 3.64. The van der Waals surface area contributed by atoms with E-state index < -0.39 is 0 Å². The zero-order valence-electron chi connectivity index (χ0n) is 11.6. The fourth-order valence-electron chi connectivity index (χ4n) is 2.00. The average Bonchev–Trinajstić information content (AvgIpc) is 2.42. The van der Waals surface area contributed by atoms with Gasteiger partial charge in [-0.05, 0) is 44.0 Å². The first-order valence-electron chi connectivity index (χ1n) is 6.75. The summed E-state index contributed by atoms with van der Waals surface area (Å²) in [6.07, 6.45) is 0.988. The van der Waals surface area contributed by atoms with E-state index in [-0.39, 0.29) is 0 Å². The van der Waals surface area contributed by atoms with Crippen molar-refractivity contribution < 1.29 is 4.74 Å². The second kappa shape index (κ2) is 6.83. The molecule has 19 heavy (non-hydrogen) atoms. The maximum atomic E-state index is 5.79. The molecule has 0 aliphatic carbocycles. The number of ether oxygens (including phenoxy) is 1. The lowest BCUT2D eigenvalue weighted by Crippen LogP contribution is -2.07. The van der Waals surface area contributed by atoms with Crippen molar-refractivity contribution in [2.45, 2.75) is 20.3 Å². The van der Waals surface area contributed by atoms with Crippen molar-refractivity contribution >= 4 is 5.69 Å². The van der Waals surface area contributed by atoms with Crippen LogP contribution >= 0.6 is 0 Å². The van der Waals surface area contributed by atoms with E-state index in [0.29, 0.717) is 0 Å². The average molecular weight is 255 g/mol. The summed E-state index contributed by atoms with van der Waals surface area (Å²) in [4.78, 5) is 0. The van der Waals surface area contributed by atoms with Gasteiger partial charge >= 0.3 is 0 Å². The Balaban J connectivity index is 1.69. The molecule has 2 nitrogen and oxygen atoms in total. The molecule has 2 aromatic rings. The van der Waals surface area contributed by atoms with Gasteiger partial charge < -0.3 is 10.1 Å². The van der Waals surface area contributed by atoms with Crippen molar-refractivity contribution in [1.82, 2.24) is 0 Å². The van der Waals surface area contributed by atoms with Crippen LogP contribution in [0, 0.1) is 13.8 Å². The van der Waals surface area contributed by atoms with E-state index in [1.54, 1.807) is 0 Å². The highest BCUT2D eigenvalue weighted by molar-refractivity contribution is 5.42. The fraction of sp³-hybridized carbons (Fsp3) is 0.294. The highest BCUT2D eigenvalue weighted by atomic mass is 16.5. The molecule has 0 radical (unpaired) electrons. The first-order valence-corrected chi connectivity index (χ1v) is 6.75. The highest BCUT2D eigenvalue weighted by Gasteiger charge is 1.99. The number of anilines is 1. The van der Waals surface area contributed by atoms with Gasteiger partial charge in [0.1, 0.15) is 5.75 Å². The molecular weight excluding hydrogens is 234 g/mol. The molecule has 0 fully saturated rings. The van der Waals surface area contributed by atoms with Crippen LogP contribution in [0.4, 0.5) is 5.69 Å². The smallest absolute Gasteiger partial charge is 0.122 e. The predicted octanol–water partition coefficient (Wildman–Crippen LogP) is 4.18. The molecule has 0 aliphatic heterocycles. The van der Waals surface area contributed by atoms with Crippen LogP contribution in [0.2, 0.25) is 0 Å². The molecule has 0 bridgehead atoms. The molecule has 2 aromatic carbocycles.